The van der Waals surface area contributed by atoms with Gasteiger partial charge in [0.05, 0.1) is 7.11 Å². The van der Waals surface area contributed by atoms with Gasteiger partial charge >= 0.3 is 12.0 Å². The molecule has 0 spiro atoms. The van der Waals surface area contributed by atoms with Crippen LogP contribution in [0.5, 0.6) is 0 Å². The van der Waals surface area contributed by atoms with Crippen molar-refractivity contribution in [2.24, 2.45) is 0 Å². The lowest BCUT2D eigenvalue weighted by Gasteiger charge is -2.18. The molecule has 2 aromatic carbocycles. The second kappa shape index (κ2) is 6.54. The Kier molecular flexibility index (Phi) is 4.29. The molecule has 6 heteroatoms. The van der Waals surface area contributed by atoms with Crippen molar-refractivity contribution in [2.45, 2.75) is 12.0 Å². The average molecular weight is 324 g/mol. The van der Waals surface area contributed by atoms with Crippen molar-refractivity contribution in [1.82, 2.24) is 4.98 Å². The molecule has 0 aliphatic carbocycles. The van der Waals surface area contributed by atoms with Crippen LogP contribution in [-0.2, 0) is 9.53 Å². The Morgan fingerprint density at radius 2 is 1.79 bits per heavy atom. The largest absolute Gasteiger partial charge is 0.464 e. The Morgan fingerprint density at radius 1 is 1.12 bits per heavy atom. The van der Waals surface area contributed by atoms with Gasteiger partial charge in [0.1, 0.15) is 5.92 Å². The highest BCUT2D eigenvalue weighted by Gasteiger charge is 2.42. The van der Waals surface area contributed by atoms with Crippen LogP contribution in [0.1, 0.15) is 17.2 Å². The summed E-state index contributed by atoms with van der Waals surface area (Å²) in [5.74, 6) is -1.63. The van der Waals surface area contributed by atoms with Gasteiger partial charge in [-0.05, 0) is 23.1 Å². The summed E-state index contributed by atoms with van der Waals surface area (Å²) in [4.78, 5) is 26.3. The lowest BCUT2D eigenvalue weighted by Crippen LogP contribution is -2.37. The van der Waals surface area contributed by atoms with E-state index in [1.165, 1.54) is 0 Å². The molecule has 0 saturated heterocycles. The van der Waals surface area contributed by atoms with Crippen LogP contribution in [0.2, 0.25) is 0 Å². The van der Waals surface area contributed by atoms with Gasteiger partial charge < -0.3 is 9.72 Å². The van der Waals surface area contributed by atoms with E-state index in [4.69, 9.17) is 0 Å². The number of hydrogen-bond donors (Lipinski definition) is 1. The molecule has 6 nitrogen and oxygen atoms in total. The molecule has 3 aromatic rings. The zero-order valence-corrected chi connectivity index (χ0v) is 13.0. The summed E-state index contributed by atoms with van der Waals surface area (Å²) >= 11 is 0. The van der Waals surface area contributed by atoms with E-state index in [-0.39, 0.29) is 0 Å². The first-order chi connectivity index (χ1) is 11.6. The van der Waals surface area contributed by atoms with Crippen LogP contribution in [-0.4, -0.2) is 29.0 Å². The maximum Gasteiger partial charge on any atom is 0.382 e. The average Bonchev–Trinajstić information content (AvgIpc) is 3.02. The number of aromatic nitrogens is 1. The van der Waals surface area contributed by atoms with Crippen molar-refractivity contribution in [3.8, 4) is 0 Å². The van der Waals surface area contributed by atoms with Crippen molar-refractivity contribution in [3.05, 3.63) is 82.0 Å². The third kappa shape index (κ3) is 2.86. The second-order valence-corrected chi connectivity index (χ2v) is 5.45. The first-order valence-electron chi connectivity index (χ1n) is 7.45. The molecular weight excluding hydrogens is 308 g/mol. The number of nitrogens with one attached hydrogen (secondary N) is 1. The Balaban J connectivity index is 2.17. The lowest BCUT2D eigenvalue weighted by atomic mass is 9.88. The van der Waals surface area contributed by atoms with E-state index in [0.29, 0.717) is 11.3 Å². The molecule has 0 aliphatic heterocycles. The number of benzene rings is 2. The lowest BCUT2D eigenvalue weighted by molar-refractivity contribution is -0.512. The first-order valence-corrected chi connectivity index (χ1v) is 7.45. The third-order valence-corrected chi connectivity index (χ3v) is 4.03. The fourth-order valence-electron chi connectivity index (χ4n) is 2.92. The number of nitrogens with zero attached hydrogens (tertiary/aromatic N) is 1. The van der Waals surface area contributed by atoms with Crippen molar-refractivity contribution in [1.29, 1.82) is 0 Å². The summed E-state index contributed by atoms with van der Waals surface area (Å²) in [5, 5.41) is 12.5. The summed E-state index contributed by atoms with van der Waals surface area (Å²) in [6.07, 6.45) is 0. The summed E-state index contributed by atoms with van der Waals surface area (Å²) < 4.78 is 4.68. The number of rotatable bonds is 5. The normalized spacial score (nSPS) is 13.4. The van der Waals surface area contributed by atoms with Gasteiger partial charge in [-0.15, -0.1) is 0 Å². The van der Waals surface area contributed by atoms with Crippen LogP contribution in [0.3, 0.4) is 0 Å². The van der Waals surface area contributed by atoms with E-state index in [0.717, 1.165) is 18.0 Å². The fourth-order valence-corrected chi connectivity index (χ4v) is 2.92. The first kappa shape index (κ1) is 15.7. The summed E-state index contributed by atoms with van der Waals surface area (Å²) in [6.45, 7) is 0. The van der Waals surface area contributed by atoms with Gasteiger partial charge in [0.25, 0.3) is 0 Å². The van der Waals surface area contributed by atoms with E-state index in [2.05, 4.69) is 9.72 Å². The number of nitro groups is 1. The van der Waals surface area contributed by atoms with Gasteiger partial charge in [-0.25, -0.2) is 4.79 Å². The highest BCUT2D eigenvalue weighted by molar-refractivity contribution is 5.82. The smallest absolute Gasteiger partial charge is 0.382 e. The molecule has 0 unspecified atom stereocenters. The monoisotopic (exact) mass is 324 g/mol. The Hall–Kier alpha value is -3.15. The number of ether oxygens (including phenoxy) is 1. The van der Waals surface area contributed by atoms with Crippen molar-refractivity contribution >= 4 is 16.9 Å². The predicted octanol–water partition coefficient (Wildman–Crippen LogP) is 3.12. The standard InChI is InChI=1S/C18H16N2O4/c1-24-18(21)17(20(22)23)16(12-7-3-2-4-8-12)15-11-13-9-5-6-10-14(13)19-15/h2-11,16-17,19H,1H3/t16-,17+/m0/s1. The number of aromatic amines is 1. The van der Waals surface area contributed by atoms with E-state index in [9.17, 15) is 14.9 Å². The van der Waals surface area contributed by atoms with Crippen molar-refractivity contribution in [2.75, 3.05) is 7.11 Å². The molecule has 1 heterocycles. The number of fused-ring (bicyclic) bond motifs is 1. The van der Waals surface area contributed by atoms with Crippen LogP contribution >= 0.6 is 0 Å². The van der Waals surface area contributed by atoms with E-state index in [1.807, 2.05) is 36.4 Å². The number of esters is 1. The number of hydrogen-bond acceptors (Lipinski definition) is 4. The minimum absolute atomic E-state index is 0.588. The van der Waals surface area contributed by atoms with Crippen LogP contribution in [0.4, 0.5) is 0 Å². The van der Waals surface area contributed by atoms with Gasteiger partial charge in [0.2, 0.25) is 0 Å². The molecule has 0 saturated carbocycles. The molecule has 0 amide bonds. The minimum Gasteiger partial charge on any atom is -0.464 e. The van der Waals surface area contributed by atoms with Gasteiger partial charge in [0, 0.05) is 16.1 Å². The van der Waals surface area contributed by atoms with Crippen LogP contribution in [0.25, 0.3) is 10.9 Å². The molecular formula is C18H16N2O4. The number of carbonyl (C=O) groups excluding carboxylic acids is 1. The Bertz CT molecular complexity index is 840. The van der Waals surface area contributed by atoms with Crippen LogP contribution in [0.15, 0.2) is 60.7 Å². The SMILES string of the molecule is COC(=O)[C@@H]([C@@H](c1ccccc1)c1cc2ccccc2[nH]1)[N+](=O)[O-]. The van der Waals surface area contributed by atoms with Gasteiger partial charge in [-0.3, -0.25) is 10.1 Å². The highest BCUT2D eigenvalue weighted by atomic mass is 16.6. The van der Waals surface area contributed by atoms with Crippen LogP contribution in [0, 0.1) is 10.1 Å². The minimum atomic E-state index is -1.52. The molecule has 122 valence electrons. The van der Waals surface area contributed by atoms with Crippen LogP contribution < -0.4 is 0 Å². The topological polar surface area (TPSA) is 85.2 Å². The van der Waals surface area contributed by atoms with Gasteiger partial charge in [0.15, 0.2) is 0 Å². The predicted molar refractivity (Wildman–Crippen MR) is 89.4 cm³/mol. The zero-order chi connectivity index (χ0) is 17.1. The number of carbonyl (C=O) groups is 1. The zero-order valence-electron chi connectivity index (χ0n) is 13.0. The van der Waals surface area contributed by atoms with E-state index in [1.54, 1.807) is 24.3 Å². The summed E-state index contributed by atoms with van der Waals surface area (Å²) in [6, 6.07) is 16.8. The van der Waals surface area contributed by atoms with E-state index < -0.39 is 22.9 Å². The number of H-pyrrole nitrogens is 1. The molecule has 1 aromatic heterocycles. The van der Waals surface area contributed by atoms with Gasteiger partial charge in [-0.2, -0.15) is 0 Å². The second-order valence-electron chi connectivity index (χ2n) is 5.45. The number of methoxy groups -OCH3 is 1. The fraction of sp³-hybridized carbons (Fsp3) is 0.167. The number of para-hydroxylation sites is 1. The van der Waals surface area contributed by atoms with Crippen molar-refractivity contribution in [3.63, 3.8) is 0 Å². The quantitative estimate of drug-likeness (QED) is 0.444. The van der Waals surface area contributed by atoms with Crippen molar-refractivity contribution < 1.29 is 14.5 Å². The van der Waals surface area contributed by atoms with Gasteiger partial charge in [-0.1, -0.05) is 48.5 Å². The maximum absolute atomic E-state index is 12.1. The molecule has 3 rings (SSSR count). The molecule has 2 atom stereocenters. The molecule has 0 bridgehead atoms. The maximum atomic E-state index is 12.1. The van der Waals surface area contributed by atoms with E-state index >= 15 is 0 Å². The molecule has 0 fully saturated rings. The molecule has 1 N–H and O–H groups in total. The molecule has 0 aliphatic rings. The third-order valence-electron chi connectivity index (χ3n) is 4.03. The Morgan fingerprint density at radius 3 is 2.42 bits per heavy atom. The molecule has 0 radical (unpaired) electrons. The Labute approximate surface area is 138 Å². The summed E-state index contributed by atoms with van der Waals surface area (Å²) in [5.41, 5.74) is 2.14. The highest BCUT2D eigenvalue weighted by Crippen LogP contribution is 2.32. The molecule has 24 heavy (non-hydrogen) atoms. The summed E-state index contributed by atoms with van der Waals surface area (Å²) in [7, 11) is 1.16.